The fourth-order valence-corrected chi connectivity index (χ4v) is 5.92. The summed E-state index contributed by atoms with van der Waals surface area (Å²) >= 11 is 0. The predicted molar refractivity (Wildman–Crippen MR) is 220 cm³/mol. The highest BCUT2D eigenvalue weighted by molar-refractivity contribution is 7.85. The van der Waals surface area contributed by atoms with Crippen molar-refractivity contribution in [3.05, 3.63) is 24.3 Å². The minimum absolute atomic E-state index is 0.150. The van der Waals surface area contributed by atoms with Gasteiger partial charge in [0.1, 0.15) is 13.2 Å². The van der Waals surface area contributed by atoms with Crippen LogP contribution in [0.5, 0.6) is 0 Å². The number of unbranched alkanes of at least 4 members (excludes halogenated alkanes) is 22. The predicted octanol–water partition coefficient (Wildman–Crippen LogP) is 11.7. The molecule has 8 nitrogen and oxygen atoms in total. The van der Waals surface area contributed by atoms with Gasteiger partial charge in [-0.3, -0.25) is 14.1 Å². The van der Waals surface area contributed by atoms with Crippen LogP contribution in [0.3, 0.4) is 0 Å². The van der Waals surface area contributed by atoms with Gasteiger partial charge in [-0.2, -0.15) is 8.42 Å². The van der Waals surface area contributed by atoms with Crippen LogP contribution in [-0.2, 0) is 29.2 Å². The van der Waals surface area contributed by atoms with Crippen molar-refractivity contribution in [2.75, 3.05) is 40.6 Å². The zero-order valence-electron chi connectivity index (χ0n) is 34.9. The zero-order chi connectivity index (χ0) is 39.2. The molecule has 0 bridgehead atoms. The second-order valence-electron chi connectivity index (χ2n) is 15.7. The lowest BCUT2D eigenvalue weighted by molar-refractivity contribution is -0.873. The number of hydrogen-bond acceptors (Lipinski definition) is 6. The number of allylic oxidation sites excluding steroid dienone is 4. The first kappa shape index (κ1) is 52.4. The topological polar surface area (TPSA) is 107 Å². The van der Waals surface area contributed by atoms with E-state index in [2.05, 4.69) is 59.3 Å². The number of esters is 2. The Morgan fingerprint density at radius 1 is 0.558 bits per heavy atom. The Hall–Kier alpha value is -1.71. The molecule has 1 unspecified atom stereocenters. The van der Waals surface area contributed by atoms with E-state index in [4.69, 9.17) is 14.0 Å². The number of nitrogens with zero attached hydrogens (tertiary/aromatic N) is 1. The largest absolute Gasteiger partial charge is 0.461 e. The number of hydrogen-bond donors (Lipinski definition) is 1. The van der Waals surface area contributed by atoms with E-state index in [0.29, 0.717) is 30.1 Å². The molecule has 0 fully saturated rings. The van der Waals surface area contributed by atoms with Crippen molar-refractivity contribution in [1.82, 2.24) is 0 Å². The summed E-state index contributed by atoms with van der Waals surface area (Å²) in [5, 5.41) is 0. The van der Waals surface area contributed by atoms with Crippen molar-refractivity contribution in [1.29, 1.82) is 0 Å². The molecule has 0 aromatic rings. The number of carbonyl (C=O) groups is 2. The third-order valence-electron chi connectivity index (χ3n) is 8.77. The van der Waals surface area contributed by atoms with E-state index in [1.807, 2.05) is 0 Å². The maximum absolute atomic E-state index is 12.6. The molecule has 1 atom stereocenters. The smallest absolute Gasteiger partial charge is 0.306 e. The lowest BCUT2D eigenvalue weighted by Crippen LogP contribution is -2.45. The molecule has 0 amide bonds. The first-order chi connectivity index (χ1) is 24.8. The van der Waals surface area contributed by atoms with Crippen molar-refractivity contribution >= 4 is 22.1 Å². The van der Waals surface area contributed by atoms with Gasteiger partial charge in [-0.1, -0.05) is 141 Å². The first-order valence-corrected chi connectivity index (χ1v) is 23.0. The van der Waals surface area contributed by atoms with E-state index >= 15 is 0 Å². The van der Waals surface area contributed by atoms with Crippen LogP contribution >= 0.6 is 0 Å². The van der Waals surface area contributed by atoms with Gasteiger partial charge in [0.15, 0.2) is 6.10 Å². The Morgan fingerprint density at radius 3 is 1.21 bits per heavy atom. The standard InChI is InChI=1S/C42H80NO4.CH4O3S/c1-6-8-10-12-14-16-18-20-22-24-26-28-30-32-34-36-41(44)46-39-40(38-43(3,4)5)47-42(45)37-35-33-31-29-27-25-23-21-19-17-15-13-11-9-7-2;1-5(2,3)4/h20-23,40H,6-19,24-39H2,1-5H3;1H3,(H,2,3,4)/q+1;/b22-20-,23-21-;. The SMILES string of the molecule is CCCCCCCC/C=C\CCCCCCCC(=O)OCC(C[N+](C)(C)C)OC(=O)CCCCCCC/C=C\CCCCCCCC.CS(=O)(=O)O. The molecule has 0 aromatic heterocycles. The maximum Gasteiger partial charge on any atom is 0.306 e. The van der Waals surface area contributed by atoms with E-state index in [-0.39, 0.29) is 18.5 Å². The number of rotatable bonds is 35. The Morgan fingerprint density at radius 2 is 0.865 bits per heavy atom. The van der Waals surface area contributed by atoms with Crippen LogP contribution < -0.4 is 0 Å². The third-order valence-corrected chi connectivity index (χ3v) is 8.77. The fraction of sp³-hybridized carbons (Fsp3) is 0.860. The minimum atomic E-state index is -3.67. The molecule has 0 heterocycles. The van der Waals surface area contributed by atoms with Gasteiger partial charge >= 0.3 is 11.9 Å². The molecule has 308 valence electrons. The van der Waals surface area contributed by atoms with E-state index < -0.39 is 16.2 Å². The van der Waals surface area contributed by atoms with Crippen molar-refractivity contribution in [2.45, 2.75) is 200 Å². The number of ether oxygens (including phenoxy) is 2. The number of likely N-dealkylation sites (N-methyl/N-ethyl adjacent to an activating group) is 1. The molecule has 0 aliphatic rings. The Kier molecular flexibility index (Phi) is 37.9. The highest BCUT2D eigenvalue weighted by Gasteiger charge is 2.23. The summed E-state index contributed by atoms with van der Waals surface area (Å²) in [7, 11) is 2.54. The summed E-state index contributed by atoms with van der Waals surface area (Å²) in [6.45, 7) is 5.31. The van der Waals surface area contributed by atoms with Gasteiger partial charge in [0, 0.05) is 12.8 Å². The van der Waals surface area contributed by atoms with Crippen LogP contribution in [-0.4, -0.2) is 76.0 Å². The second-order valence-corrected chi connectivity index (χ2v) is 17.1. The molecule has 1 N–H and O–H groups in total. The normalized spacial score (nSPS) is 12.6. The van der Waals surface area contributed by atoms with Crippen LogP contribution in [0.15, 0.2) is 24.3 Å². The molecule has 0 aromatic carbocycles. The van der Waals surface area contributed by atoms with E-state index in [1.54, 1.807) is 0 Å². The summed E-state index contributed by atoms with van der Waals surface area (Å²) in [5.41, 5.74) is 0. The highest BCUT2D eigenvalue weighted by Crippen LogP contribution is 2.13. The molecular weight excluding hydrogens is 675 g/mol. The fourth-order valence-electron chi connectivity index (χ4n) is 5.92. The van der Waals surface area contributed by atoms with Gasteiger partial charge in [0.25, 0.3) is 10.1 Å². The summed E-state index contributed by atoms with van der Waals surface area (Å²) in [6, 6.07) is 0. The Bertz CT molecular complexity index is 964. The van der Waals surface area contributed by atoms with Crippen molar-refractivity contribution in [2.24, 2.45) is 0 Å². The number of quaternary nitrogens is 1. The molecule has 9 heteroatoms. The zero-order valence-corrected chi connectivity index (χ0v) is 35.7. The van der Waals surface area contributed by atoms with Gasteiger partial charge in [0.2, 0.25) is 0 Å². The molecular formula is C43H84NO7S+. The lowest BCUT2D eigenvalue weighted by Gasteiger charge is -2.28. The molecule has 0 saturated carbocycles. The van der Waals surface area contributed by atoms with Crippen LogP contribution in [0.2, 0.25) is 0 Å². The summed E-state index contributed by atoms with van der Waals surface area (Å²) in [4.78, 5) is 24.9. The highest BCUT2D eigenvalue weighted by atomic mass is 32.2. The second kappa shape index (κ2) is 37.6. The summed E-state index contributed by atoms with van der Waals surface area (Å²) in [5.74, 6) is -0.350. The molecule has 0 saturated heterocycles. The van der Waals surface area contributed by atoms with Crippen molar-refractivity contribution in [3.63, 3.8) is 0 Å². The monoisotopic (exact) mass is 759 g/mol. The van der Waals surface area contributed by atoms with E-state index in [1.165, 1.54) is 128 Å². The first-order valence-electron chi connectivity index (χ1n) is 21.2. The van der Waals surface area contributed by atoms with Crippen LogP contribution in [0.4, 0.5) is 0 Å². The molecule has 0 aliphatic heterocycles. The number of carbonyl (C=O) groups excluding carboxylic acids is 2. The summed E-state index contributed by atoms with van der Waals surface area (Å²) < 4.78 is 37.9. The molecule has 52 heavy (non-hydrogen) atoms. The Labute approximate surface area is 322 Å². The average Bonchev–Trinajstić information content (AvgIpc) is 3.05. The quantitative estimate of drug-likeness (QED) is 0.0225. The van der Waals surface area contributed by atoms with E-state index in [0.717, 1.165) is 38.5 Å². The van der Waals surface area contributed by atoms with Crippen LogP contribution in [0, 0.1) is 0 Å². The molecule has 0 radical (unpaired) electrons. The van der Waals surface area contributed by atoms with Gasteiger partial charge in [0.05, 0.1) is 27.4 Å². The minimum Gasteiger partial charge on any atom is -0.461 e. The van der Waals surface area contributed by atoms with Gasteiger partial charge < -0.3 is 14.0 Å². The lowest BCUT2D eigenvalue weighted by atomic mass is 10.1. The van der Waals surface area contributed by atoms with Gasteiger partial charge in [-0.05, 0) is 64.2 Å². The molecule has 0 aliphatic carbocycles. The van der Waals surface area contributed by atoms with Gasteiger partial charge in [-0.25, -0.2) is 0 Å². The van der Waals surface area contributed by atoms with Gasteiger partial charge in [-0.15, -0.1) is 0 Å². The van der Waals surface area contributed by atoms with Crippen LogP contribution in [0.25, 0.3) is 0 Å². The average molecular weight is 759 g/mol. The molecule has 0 spiro atoms. The van der Waals surface area contributed by atoms with Crippen molar-refractivity contribution < 1.29 is 36.5 Å². The Balaban J connectivity index is 0. The third kappa shape index (κ3) is 50.4. The molecule has 0 rings (SSSR count). The van der Waals surface area contributed by atoms with E-state index in [9.17, 15) is 18.0 Å². The van der Waals surface area contributed by atoms with Crippen LogP contribution in [0.1, 0.15) is 194 Å². The van der Waals surface area contributed by atoms with Crippen molar-refractivity contribution in [3.8, 4) is 0 Å². The maximum atomic E-state index is 12.6. The summed E-state index contributed by atoms with van der Waals surface area (Å²) in [6.07, 6.45) is 42.8.